The van der Waals surface area contributed by atoms with Gasteiger partial charge in [-0.05, 0) is 32.1 Å². The lowest BCUT2D eigenvalue weighted by Crippen LogP contribution is -2.78. The maximum absolute atomic E-state index is 14.1. The Morgan fingerprint density at radius 2 is 1.01 bits per heavy atom. The third kappa shape index (κ3) is 24.4. The predicted octanol–water partition coefficient (Wildman–Crippen LogP) is -6.14. The van der Waals surface area contributed by atoms with E-state index in [1.165, 1.54) is 0 Å². The Morgan fingerprint density at radius 1 is 0.509 bits per heavy atom. The molecule has 2 bridgehead atoms. The topological polar surface area (TPSA) is 723 Å². The molecule has 9 aliphatic rings. The van der Waals surface area contributed by atoms with Gasteiger partial charge in [0.15, 0.2) is 49.3 Å². The molecule has 9 aliphatic heterocycles. The molecule has 0 radical (unpaired) electrons. The summed E-state index contributed by atoms with van der Waals surface area (Å²) in [6.45, 7) is -4.09. The van der Waals surface area contributed by atoms with Gasteiger partial charge in [0.25, 0.3) is 0 Å². The number of rotatable bonds is 44. The Morgan fingerprint density at radius 3 is 1.54 bits per heavy atom. The molecule has 9 saturated heterocycles. The molecule has 9 rings (SSSR count). The number of amides is 4. The summed E-state index contributed by atoms with van der Waals surface area (Å²) in [5.41, 5.74) is -6.29. The van der Waals surface area contributed by atoms with Crippen molar-refractivity contribution in [2.45, 2.75) is 235 Å². The van der Waals surface area contributed by atoms with Crippen LogP contribution in [0.25, 0.3) is 0 Å². The van der Waals surface area contributed by atoms with E-state index >= 15 is 0 Å². The van der Waals surface area contributed by atoms with Crippen LogP contribution in [0.5, 0.6) is 0 Å². The van der Waals surface area contributed by atoms with Gasteiger partial charge in [-0.15, -0.1) is 0 Å². The lowest BCUT2D eigenvalue weighted by Gasteiger charge is -2.57. The summed E-state index contributed by atoms with van der Waals surface area (Å²) < 4.78 is 330. The van der Waals surface area contributed by atoms with E-state index in [4.69, 9.17) is 88.3 Å². The molecule has 52 nitrogen and oxygen atoms in total. The quantitative estimate of drug-likeness (QED) is 0.0153. The molecule has 13 N–H and O–H groups in total. The van der Waals surface area contributed by atoms with Crippen molar-refractivity contribution in [3.8, 4) is 0 Å². The van der Waals surface area contributed by atoms with Crippen LogP contribution in [-0.2, 0) is 182 Å². The number of carboxylic acids is 2. The number of fused-ring (bicyclic) bond motifs is 4. The van der Waals surface area contributed by atoms with Crippen molar-refractivity contribution in [2.24, 2.45) is 0 Å². The lowest BCUT2D eigenvalue weighted by atomic mass is 9.83. The molecule has 0 aromatic rings. The van der Waals surface area contributed by atoms with Gasteiger partial charge in [0.1, 0.15) is 97.6 Å². The van der Waals surface area contributed by atoms with Crippen LogP contribution in [0, 0.1) is 0 Å². The summed E-state index contributed by atoms with van der Waals surface area (Å²) in [6.07, 6.45) is -48.5. The SMILES string of the molecule is CC[C@]1(C(=O)O)O[C@@H](O[C@H]2[C@H](OS(=O)(=O)O)[C@@H](OS(=O)(=O)O)[C@@H](O[C@@H]3[C@H](OC)[C@H]4OC[C@]3(C(=O)O)OC4O[C@H]3[C@H](OC)[C@@H](OS(=O)(=O)O)[C@@H](OC)O[C@@H]3COS(=O)(=O)O)O[C@@H]2COS(=O)(=O)O)[C@H](OC)[C@@H](OC)[C@@H]1O[C@@H]1O[C@H](COS(=O)(=O)O)[C@@H](OC)[C@H](O)[C@H]1NC(=O)CCCCCNC(=O)CCCCC1SCC2NC(=O)NC21. The maximum atomic E-state index is 14.1. The van der Waals surface area contributed by atoms with Crippen LogP contribution in [0.1, 0.15) is 64.7 Å². The van der Waals surface area contributed by atoms with Gasteiger partial charge in [0.05, 0.1) is 38.5 Å². The van der Waals surface area contributed by atoms with Crippen molar-refractivity contribution >= 4 is 104 Å². The van der Waals surface area contributed by atoms with E-state index in [1.54, 1.807) is 11.8 Å². The van der Waals surface area contributed by atoms with Gasteiger partial charge in [-0.25, -0.2) is 39.5 Å². The van der Waals surface area contributed by atoms with Gasteiger partial charge in [-0.2, -0.15) is 62.3 Å². The fourth-order valence-corrected chi connectivity index (χ4v) is 18.3. The number of urea groups is 1. The molecular weight excluding hydrogens is 1710 g/mol. The summed E-state index contributed by atoms with van der Waals surface area (Å²) in [6, 6.07) is -2.02. The first-order valence-corrected chi connectivity index (χ1v) is 43.4. The molecule has 9 fully saturated rings. The summed E-state index contributed by atoms with van der Waals surface area (Å²) >= 11 is 1.75. The van der Waals surface area contributed by atoms with E-state index in [9.17, 15) is 117 Å². The average Bonchev–Trinajstić information content (AvgIpc) is 0.766. The predicted molar refractivity (Wildman–Crippen MR) is 362 cm³/mol. The number of carbonyl (C=O) groups excluding carboxylic acids is 3. The van der Waals surface area contributed by atoms with E-state index in [2.05, 4.69) is 33.8 Å². The molecule has 0 spiro atoms. The second kappa shape index (κ2) is 39.7. The normalized spacial score (nSPS) is 37.5. The zero-order valence-corrected chi connectivity index (χ0v) is 66.6. The zero-order valence-electron chi connectivity index (χ0n) is 60.9. The molecule has 660 valence electrons. The summed E-state index contributed by atoms with van der Waals surface area (Å²) in [7, 11) is -29.1. The number of unbranched alkanes of at least 4 members (excludes halogenated alkanes) is 3. The summed E-state index contributed by atoms with van der Waals surface area (Å²) in [5.74, 6) is -4.50. The standard InChI is InChI=1S/C55H90N4O48S7/c1-8-54(51(63)64)44(101-46-31(32(62)33(86-2)24(96-46)18-93-109(68,69)70)58-29(61)16-10-9-13-17-56-28(60)15-12-11-14-27-30-23(21-108-27)57-53(67)59-30)38(88-4)40(90-6)49(103-54)100-35-26(20-95-111(74,75)76)98-48(43(107-114(83,84)85)37(35)105-112(77,78)79)102-45-39(89-5)41-50(104-55(45,22-92-41)52(65)66)99-34-25(19-94-110(71,72)73)97-47(91-7)42(36(34)87-3)106-113(80,81)82/h23-27,30-50,62H,8-22H2,1-7H3,(H,56,60)(H,58,61)(H,63,64)(H,65,66)(H2,57,59,67)(H,68,69,70)(H,71,72,73)(H,74,75,76)(H,77,78,79)(H,80,81,82)(H,83,84,85)/t23?,24-,25-,26-,27?,30?,31-,32-,33-,34-,35-,36+,37+,38-,39-,40-,41-,42-,43-,44+,45-,46+,47+,48-,49-,50?,54+,55+/m1/s1. The molecular formula is C55H90N4O48S7. The second-order valence-electron chi connectivity index (χ2n) is 26.4. The molecule has 4 amide bonds. The fourth-order valence-electron chi connectivity index (χ4n) is 14.3. The van der Waals surface area contributed by atoms with Crippen molar-refractivity contribution in [1.82, 2.24) is 21.3 Å². The average molecular weight is 1800 g/mol. The fraction of sp³-hybridized carbons (Fsp3) is 0.909. The Hall–Kier alpha value is -3.96. The zero-order chi connectivity index (χ0) is 84.6. The highest BCUT2D eigenvalue weighted by atomic mass is 32.3. The van der Waals surface area contributed by atoms with Gasteiger partial charge in [-0.1, -0.05) is 19.8 Å². The molecule has 59 heteroatoms. The minimum absolute atomic E-state index is 0.0173. The number of aliphatic carboxylic acids is 2. The van der Waals surface area contributed by atoms with Crippen LogP contribution < -0.4 is 21.3 Å². The van der Waals surface area contributed by atoms with Crippen LogP contribution in [-0.4, -0.2) is 374 Å². The van der Waals surface area contributed by atoms with Crippen molar-refractivity contribution in [2.75, 3.05) is 81.4 Å². The van der Waals surface area contributed by atoms with E-state index in [0.29, 0.717) is 19.3 Å². The number of aliphatic hydroxyl groups is 1. The molecule has 0 aliphatic carbocycles. The van der Waals surface area contributed by atoms with Crippen LogP contribution in [0.2, 0.25) is 0 Å². The van der Waals surface area contributed by atoms with Crippen LogP contribution in [0.15, 0.2) is 0 Å². The van der Waals surface area contributed by atoms with Crippen molar-refractivity contribution < 1.29 is 218 Å². The number of hydrogen-bond acceptors (Lipinski definition) is 41. The third-order valence-corrected chi connectivity index (χ3v) is 23.5. The molecule has 114 heavy (non-hydrogen) atoms. The van der Waals surface area contributed by atoms with Crippen LogP contribution >= 0.6 is 11.8 Å². The Bertz CT molecular complexity index is 4010. The van der Waals surface area contributed by atoms with Gasteiger partial charge >= 0.3 is 80.4 Å². The number of hydrogen-bond donors (Lipinski definition) is 13. The first-order chi connectivity index (χ1) is 53.2. The second-order valence-corrected chi connectivity index (χ2v) is 34.1. The van der Waals surface area contributed by atoms with E-state index < -0.39 is 266 Å². The number of thioether (sulfide) groups is 1. The van der Waals surface area contributed by atoms with Gasteiger partial charge in [0.2, 0.25) is 17.4 Å². The monoisotopic (exact) mass is 1800 g/mol. The van der Waals surface area contributed by atoms with Gasteiger partial charge < -0.3 is 112 Å². The smallest absolute Gasteiger partial charge is 0.397 e. The minimum atomic E-state index is -6.23. The lowest BCUT2D eigenvalue weighted by molar-refractivity contribution is -0.429. The van der Waals surface area contributed by atoms with Gasteiger partial charge in [-0.3, -0.25) is 36.9 Å². The molecule has 28 atom stereocenters. The number of ether oxygens (including phenoxy) is 16. The molecule has 9 heterocycles. The Balaban J connectivity index is 1.07. The Kier molecular flexibility index (Phi) is 33.3. The number of carboxylic acid groups (broad SMARTS) is 2. The summed E-state index contributed by atoms with van der Waals surface area (Å²) in [4.78, 5) is 66.3. The number of carbonyl (C=O) groups is 5. The number of aliphatic hydroxyl groups excluding tert-OH is 1. The number of nitrogens with one attached hydrogen (secondary N) is 4. The van der Waals surface area contributed by atoms with Crippen LogP contribution in [0.3, 0.4) is 0 Å². The molecule has 0 saturated carbocycles. The largest absolute Gasteiger partial charge is 0.479 e. The maximum Gasteiger partial charge on any atom is 0.397 e. The third-order valence-electron chi connectivity index (χ3n) is 19.3. The molecule has 4 unspecified atom stereocenters. The highest BCUT2D eigenvalue weighted by molar-refractivity contribution is 8.00. The van der Waals surface area contributed by atoms with Gasteiger partial charge in [0, 0.05) is 73.0 Å². The highest BCUT2D eigenvalue weighted by Gasteiger charge is 2.70. The molecule has 0 aromatic carbocycles. The van der Waals surface area contributed by atoms with E-state index in [1.807, 2.05) is 0 Å². The molecule has 0 aromatic heterocycles. The van der Waals surface area contributed by atoms with Crippen molar-refractivity contribution in [3.05, 3.63) is 0 Å². The first kappa shape index (κ1) is 95.5. The highest BCUT2D eigenvalue weighted by Crippen LogP contribution is 2.47. The van der Waals surface area contributed by atoms with E-state index in [0.717, 1.165) is 68.2 Å². The first-order valence-electron chi connectivity index (χ1n) is 34.1. The van der Waals surface area contributed by atoms with Crippen molar-refractivity contribution in [1.29, 1.82) is 0 Å². The van der Waals surface area contributed by atoms with Crippen LogP contribution in [0.4, 0.5) is 4.79 Å². The van der Waals surface area contributed by atoms with E-state index in [-0.39, 0.29) is 55.1 Å². The minimum Gasteiger partial charge on any atom is -0.479 e. The number of methoxy groups -OCH3 is 6. The summed E-state index contributed by atoms with van der Waals surface area (Å²) in [5, 5.41) is 45.9. The Labute approximate surface area is 655 Å². The van der Waals surface area contributed by atoms with Crippen molar-refractivity contribution in [3.63, 3.8) is 0 Å².